The summed E-state index contributed by atoms with van der Waals surface area (Å²) < 4.78 is 18.3. The summed E-state index contributed by atoms with van der Waals surface area (Å²) in [6.07, 6.45) is 3.37. The lowest BCUT2D eigenvalue weighted by atomic mass is 9.95. The van der Waals surface area contributed by atoms with Crippen molar-refractivity contribution in [2.45, 2.75) is 19.9 Å². The summed E-state index contributed by atoms with van der Waals surface area (Å²) in [5.41, 5.74) is 2.72. The zero-order valence-electron chi connectivity index (χ0n) is 20.8. The number of fused-ring (bicyclic) bond motifs is 1. The Morgan fingerprint density at radius 1 is 1.08 bits per heavy atom. The fraction of sp³-hybridized carbons (Fsp3) is 0.231. The van der Waals surface area contributed by atoms with Crippen molar-refractivity contribution >= 4 is 39.6 Å². The molecule has 1 unspecified atom stereocenters. The number of Topliss-reactive ketones (excluding diaryl/α,β-unsaturated/α-hetero) is 1. The number of amides is 1. The molecule has 3 aromatic heterocycles. The molecular formula is C26H24N4O6S. The first-order valence-corrected chi connectivity index (χ1v) is 12.1. The van der Waals surface area contributed by atoms with Crippen molar-refractivity contribution in [1.29, 1.82) is 0 Å². The Bertz CT molecular complexity index is 1550. The molecule has 1 aromatic carbocycles. The Hall–Kier alpha value is -4.38. The molecule has 1 aliphatic heterocycles. The van der Waals surface area contributed by atoms with E-state index in [4.69, 9.17) is 14.2 Å². The fourth-order valence-corrected chi connectivity index (χ4v) is 5.28. The van der Waals surface area contributed by atoms with Gasteiger partial charge in [0.1, 0.15) is 11.3 Å². The van der Waals surface area contributed by atoms with E-state index in [0.29, 0.717) is 39.3 Å². The van der Waals surface area contributed by atoms with Gasteiger partial charge in [-0.25, -0.2) is 9.97 Å². The molecule has 5 rings (SSSR count). The number of aliphatic hydroxyl groups excluding tert-OH is 1. The van der Waals surface area contributed by atoms with Gasteiger partial charge < -0.3 is 23.7 Å². The second-order valence-electron chi connectivity index (χ2n) is 8.37. The molecule has 0 radical (unpaired) electrons. The number of aliphatic hydroxyl groups is 1. The van der Waals surface area contributed by atoms with Gasteiger partial charge in [0, 0.05) is 17.8 Å². The number of hydrogen-bond donors (Lipinski definition) is 1. The van der Waals surface area contributed by atoms with Crippen molar-refractivity contribution in [3.63, 3.8) is 0 Å². The molecule has 1 atom stereocenters. The number of hydrogen-bond acceptors (Lipinski definition) is 9. The summed E-state index contributed by atoms with van der Waals surface area (Å²) in [5.74, 6) is -1.02. The van der Waals surface area contributed by atoms with E-state index in [9.17, 15) is 14.7 Å². The molecule has 1 aliphatic rings. The first-order valence-electron chi connectivity index (χ1n) is 11.3. The van der Waals surface area contributed by atoms with Crippen LogP contribution in [-0.2, 0) is 9.59 Å². The molecule has 0 spiro atoms. The minimum atomic E-state index is -1.02. The molecule has 4 heterocycles. The van der Waals surface area contributed by atoms with Gasteiger partial charge in [0.2, 0.25) is 5.75 Å². The summed E-state index contributed by atoms with van der Waals surface area (Å²) >= 11 is 1.20. The standard InChI is InChI=1S/C26H24N4O6S/c1-13-7-6-9-29-14(2)19(28-24(13)29)21(31)18-20(30(25(33)22(18)32)26-27-8-10-37-26)15-11-16(34-3)23(36-5)17(12-15)35-4/h6-12,20,31H,1-5H3. The highest BCUT2D eigenvalue weighted by atomic mass is 32.1. The van der Waals surface area contributed by atoms with Gasteiger partial charge >= 0.3 is 5.91 Å². The second-order valence-corrected chi connectivity index (χ2v) is 9.25. The Kier molecular flexibility index (Phi) is 6.08. The fourth-order valence-electron chi connectivity index (χ4n) is 4.61. The van der Waals surface area contributed by atoms with E-state index in [-0.39, 0.29) is 17.0 Å². The number of imidazole rings is 1. The highest BCUT2D eigenvalue weighted by molar-refractivity contribution is 7.14. The zero-order chi connectivity index (χ0) is 26.4. The van der Waals surface area contributed by atoms with Crippen molar-refractivity contribution < 1.29 is 28.9 Å². The maximum atomic E-state index is 13.5. The number of ketones is 1. The molecule has 190 valence electrons. The lowest BCUT2D eigenvalue weighted by molar-refractivity contribution is -0.132. The average molecular weight is 521 g/mol. The van der Waals surface area contributed by atoms with E-state index in [1.165, 1.54) is 37.6 Å². The number of aryl methyl sites for hydroxylation is 2. The number of carbonyl (C=O) groups is 2. The molecule has 0 bridgehead atoms. The number of ether oxygens (including phenoxy) is 3. The van der Waals surface area contributed by atoms with E-state index in [1.807, 2.05) is 29.7 Å². The van der Waals surface area contributed by atoms with Crippen molar-refractivity contribution in [2.24, 2.45) is 0 Å². The molecule has 1 N–H and O–H groups in total. The zero-order valence-corrected chi connectivity index (χ0v) is 21.6. The number of thiazole rings is 1. The lowest BCUT2D eigenvalue weighted by Crippen LogP contribution is -2.29. The van der Waals surface area contributed by atoms with Crippen LogP contribution in [0.4, 0.5) is 5.13 Å². The molecule has 11 heteroatoms. The van der Waals surface area contributed by atoms with E-state index in [0.717, 1.165) is 5.56 Å². The van der Waals surface area contributed by atoms with Gasteiger partial charge in [-0.3, -0.25) is 14.5 Å². The first-order chi connectivity index (χ1) is 17.8. The number of methoxy groups -OCH3 is 3. The van der Waals surface area contributed by atoms with E-state index < -0.39 is 17.7 Å². The Balaban J connectivity index is 1.80. The molecule has 1 amide bonds. The Labute approximate surface area is 216 Å². The molecule has 0 saturated carbocycles. The summed E-state index contributed by atoms with van der Waals surface area (Å²) in [6, 6.07) is 6.05. The third-order valence-electron chi connectivity index (χ3n) is 6.38. The van der Waals surface area contributed by atoms with Crippen molar-refractivity contribution in [2.75, 3.05) is 26.2 Å². The van der Waals surface area contributed by atoms with Gasteiger partial charge in [0.15, 0.2) is 22.4 Å². The highest BCUT2D eigenvalue weighted by Gasteiger charge is 2.49. The van der Waals surface area contributed by atoms with Gasteiger partial charge in [-0.1, -0.05) is 6.07 Å². The maximum Gasteiger partial charge on any atom is 0.301 e. The molecule has 4 aromatic rings. The van der Waals surface area contributed by atoms with Crippen molar-refractivity contribution in [1.82, 2.24) is 14.4 Å². The van der Waals surface area contributed by atoms with Crippen LogP contribution in [0.2, 0.25) is 0 Å². The summed E-state index contributed by atoms with van der Waals surface area (Å²) in [4.78, 5) is 37.0. The van der Waals surface area contributed by atoms with Crippen molar-refractivity contribution in [3.05, 3.63) is 70.1 Å². The van der Waals surface area contributed by atoms with Crippen LogP contribution < -0.4 is 19.1 Å². The minimum absolute atomic E-state index is 0.112. The van der Waals surface area contributed by atoms with Gasteiger partial charge in [-0.15, -0.1) is 11.3 Å². The largest absolute Gasteiger partial charge is 0.505 e. The maximum absolute atomic E-state index is 13.5. The summed E-state index contributed by atoms with van der Waals surface area (Å²) in [5, 5.41) is 13.6. The Morgan fingerprint density at radius 3 is 2.35 bits per heavy atom. The topological polar surface area (TPSA) is 115 Å². The van der Waals surface area contributed by atoms with Crippen LogP contribution in [-0.4, -0.2) is 52.5 Å². The number of nitrogens with zero attached hydrogens (tertiary/aromatic N) is 4. The summed E-state index contributed by atoms with van der Waals surface area (Å²) in [6.45, 7) is 3.70. The van der Waals surface area contributed by atoms with E-state index in [2.05, 4.69) is 9.97 Å². The monoisotopic (exact) mass is 520 g/mol. The molecular weight excluding hydrogens is 496 g/mol. The number of rotatable bonds is 6. The molecule has 0 aliphatic carbocycles. The SMILES string of the molecule is COc1cc(C2C(=C(O)c3nc4c(C)cccn4c3C)C(=O)C(=O)N2c2nccs2)cc(OC)c1OC. The average Bonchev–Trinajstić information content (AvgIpc) is 3.61. The quantitative estimate of drug-likeness (QED) is 0.230. The number of pyridine rings is 1. The van der Waals surface area contributed by atoms with Gasteiger partial charge in [0.05, 0.1) is 38.6 Å². The van der Waals surface area contributed by atoms with Gasteiger partial charge in [0.25, 0.3) is 5.78 Å². The normalized spacial score (nSPS) is 17.0. The van der Waals surface area contributed by atoms with Crippen molar-refractivity contribution in [3.8, 4) is 17.2 Å². The van der Waals surface area contributed by atoms with Crippen LogP contribution >= 0.6 is 11.3 Å². The number of carbonyl (C=O) groups excluding carboxylic acids is 2. The minimum Gasteiger partial charge on any atom is -0.505 e. The van der Waals surface area contributed by atoms with Gasteiger partial charge in [-0.2, -0.15) is 0 Å². The molecule has 10 nitrogen and oxygen atoms in total. The predicted octanol–water partition coefficient (Wildman–Crippen LogP) is 4.06. The highest BCUT2D eigenvalue weighted by Crippen LogP contribution is 2.47. The number of benzene rings is 1. The summed E-state index contributed by atoms with van der Waals surface area (Å²) in [7, 11) is 4.43. The lowest BCUT2D eigenvalue weighted by Gasteiger charge is -2.24. The first kappa shape index (κ1) is 24.3. The second kappa shape index (κ2) is 9.25. The third kappa shape index (κ3) is 3.70. The van der Waals surface area contributed by atoms with Crippen LogP contribution in [0.25, 0.3) is 11.4 Å². The van der Waals surface area contributed by atoms with Crippen LogP contribution in [0.5, 0.6) is 17.2 Å². The molecule has 1 saturated heterocycles. The van der Waals surface area contributed by atoms with Crippen LogP contribution in [0.3, 0.4) is 0 Å². The number of anilines is 1. The number of aromatic nitrogens is 3. The molecule has 37 heavy (non-hydrogen) atoms. The van der Waals surface area contributed by atoms with E-state index in [1.54, 1.807) is 30.6 Å². The third-order valence-corrected chi connectivity index (χ3v) is 7.15. The van der Waals surface area contributed by atoms with Crippen LogP contribution in [0, 0.1) is 13.8 Å². The predicted molar refractivity (Wildman–Crippen MR) is 138 cm³/mol. The van der Waals surface area contributed by atoms with Gasteiger partial charge in [-0.05, 0) is 43.2 Å². The smallest absolute Gasteiger partial charge is 0.301 e. The van der Waals surface area contributed by atoms with Crippen LogP contribution in [0.1, 0.15) is 28.6 Å². The molecule has 1 fully saturated rings. The van der Waals surface area contributed by atoms with E-state index >= 15 is 0 Å². The van der Waals surface area contributed by atoms with Crippen LogP contribution in [0.15, 0.2) is 47.6 Å². The Morgan fingerprint density at radius 2 is 1.78 bits per heavy atom.